The molecule has 0 aliphatic heterocycles. The highest BCUT2D eigenvalue weighted by Crippen LogP contribution is 2.23. The topological polar surface area (TPSA) is 99.3 Å². The average Bonchev–Trinajstić information content (AvgIpc) is 3.33. The fraction of sp³-hybridized carbons (Fsp3) is 0.200. The quantitative estimate of drug-likeness (QED) is 0.507. The van der Waals surface area contributed by atoms with E-state index in [4.69, 9.17) is 0 Å². The normalized spacial score (nSPS) is 12.4. The molecule has 3 N–H and O–H groups in total. The standard InChI is InChI=1S/C20H20N6O/c1-12(2)18(19-22-14-5-3-4-6-15(14)23-19)24-20(27)17-11-16(25-26-17)13-7-9-21-10-8-13/h3-12,18H,1-2H3,(H,22,23)(H,24,27)(H,25,26)/t18-/m0/s1. The second-order valence-corrected chi connectivity index (χ2v) is 6.74. The summed E-state index contributed by atoms with van der Waals surface area (Å²) < 4.78 is 0. The van der Waals surface area contributed by atoms with Crippen molar-refractivity contribution >= 4 is 16.9 Å². The highest BCUT2D eigenvalue weighted by molar-refractivity contribution is 5.93. The zero-order valence-electron chi connectivity index (χ0n) is 15.1. The van der Waals surface area contributed by atoms with Crippen LogP contribution >= 0.6 is 0 Å². The van der Waals surface area contributed by atoms with Gasteiger partial charge in [-0.3, -0.25) is 14.9 Å². The molecule has 4 aromatic rings. The molecule has 7 nitrogen and oxygen atoms in total. The molecule has 3 aromatic heterocycles. The Hall–Kier alpha value is -3.48. The van der Waals surface area contributed by atoms with Gasteiger partial charge in [0.25, 0.3) is 5.91 Å². The minimum atomic E-state index is -0.238. The molecule has 0 saturated heterocycles. The molecule has 0 spiro atoms. The van der Waals surface area contributed by atoms with Crippen molar-refractivity contribution in [1.82, 2.24) is 30.5 Å². The van der Waals surface area contributed by atoms with Crippen LogP contribution in [0, 0.1) is 5.92 Å². The molecular formula is C20H20N6O. The number of pyridine rings is 1. The largest absolute Gasteiger partial charge is 0.341 e. The van der Waals surface area contributed by atoms with E-state index in [-0.39, 0.29) is 17.9 Å². The molecule has 1 atom stereocenters. The second kappa shape index (κ2) is 7.03. The number of nitrogens with zero attached hydrogens (tertiary/aromatic N) is 3. The lowest BCUT2D eigenvalue weighted by atomic mass is 10.0. The number of hydrogen-bond acceptors (Lipinski definition) is 4. The Morgan fingerprint density at radius 1 is 1.11 bits per heavy atom. The molecule has 4 rings (SSSR count). The minimum Gasteiger partial charge on any atom is -0.341 e. The van der Waals surface area contributed by atoms with Gasteiger partial charge < -0.3 is 10.3 Å². The summed E-state index contributed by atoms with van der Waals surface area (Å²) in [5, 5.41) is 10.1. The van der Waals surface area contributed by atoms with Crippen molar-refractivity contribution in [2.45, 2.75) is 19.9 Å². The minimum absolute atomic E-state index is 0.164. The highest BCUT2D eigenvalue weighted by atomic mass is 16.2. The first-order valence-corrected chi connectivity index (χ1v) is 8.83. The maximum atomic E-state index is 12.8. The summed E-state index contributed by atoms with van der Waals surface area (Å²) in [6.45, 7) is 4.10. The van der Waals surface area contributed by atoms with E-state index in [1.54, 1.807) is 18.5 Å². The van der Waals surface area contributed by atoms with Crippen LogP contribution in [0.25, 0.3) is 22.3 Å². The molecule has 1 aromatic carbocycles. The Balaban J connectivity index is 1.57. The Kier molecular flexibility index (Phi) is 4.42. The summed E-state index contributed by atoms with van der Waals surface area (Å²) in [7, 11) is 0. The van der Waals surface area contributed by atoms with Crippen molar-refractivity contribution in [3.8, 4) is 11.3 Å². The fourth-order valence-electron chi connectivity index (χ4n) is 3.00. The molecule has 0 aliphatic rings. The Labute approximate surface area is 156 Å². The van der Waals surface area contributed by atoms with Gasteiger partial charge >= 0.3 is 0 Å². The maximum Gasteiger partial charge on any atom is 0.269 e. The van der Waals surface area contributed by atoms with Gasteiger partial charge in [-0.25, -0.2) is 4.98 Å². The van der Waals surface area contributed by atoms with E-state index in [2.05, 4.69) is 30.5 Å². The van der Waals surface area contributed by atoms with Crippen LogP contribution in [-0.2, 0) is 0 Å². The summed E-state index contributed by atoms with van der Waals surface area (Å²) in [6.07, 6.45) is 3.39. The third-order valence-corrected chi connectivity index (χ3v) is 4.45. The summed E-state index contributed by atoms with van der Waals surface area (Å²) in [5.74, 6) is 0.687. The van der Waals surface area contributed by atoms with Crippen LogP contribution in [-0.4, -0.2) is 31.1 Å². The summed E-state index contributed by atoms with van der Waals surface area (Å²) in [4.78, 5) is 24.7. The molecular weight excluding hydrogens is 340 g/mol. The number of aromatic amines is 2. The van der Waals surface area contributed by atoms with Crippen molar-refractivity contribution in [2.75, 3.05) is 0 Å². The third kappa shape index (κ3) is 3.44. The van der Waals surface area contributed by atoms with E-state index in [0.717, 1.165) is 22.4 Å². The Bertz CT molecular complexity index is 1030. The number of benzene rings is 1. The van der Waals surface area contributed by atoms with Crippen LogP contribution in [0.5, 0.6) is 0 Å². The SMILES string of the molecule is CC(C)[C@H](NC(=O)c1cc(-c2ccncc2)n[nH]1)c1nc2ccccc2[nH]1. The number of nitrogens with one attached hydrogen (secondary N) is 3. The number of hydrogen-bond donors (Lipinski definition) is 3. The number of carbonyl (C=O) groups is 1. The number of aromatic nitrogens is 5. The molecule has 0 unspecified atom stereocenters. The molecule has 0 saturated carbocycles. The van der Waals surface area contributed by atoms with Crippen molar-refractivity contribution in [3.63, 3.8) is 0 Å². The number of carbonyl (C=O) groups excluding carboxylic acids is 1. The van der Waals surface area contributed by atoms with Gasteiger partial charge in [0.1, 0.15) is 11.5 Å². The lowest BCUT2D eigenvalue weighted by molar-refractivity contribution is 0.0918. The molecule has 0 radical (unpaired) electrons. The van der Waals surface area contributed by atoms with Gasteiger partial charge in [-0.05, 0) is 36.2 Å². The summed E-state index contributed by atoms with van der Waals surface area (Å²) >= 11 is 0. The fourth-order valence-corrected chi connectivity index (χ4v) is 3.00. The number of amides is 1. The van der Waals surface area contributed by atoms with Crippen molar-refractivity contribution in [1.29, 1.82) is 0 Å². The number of H-pyrrole nitrogens is 2. The zero-order valence-corrected chi connectivity index (χ0v) is 15.1. The highest BCUT2D eigenvalue weighted by Gasteiger charge is 2.23. The molecule has 27 heavy (non-hydrogen) atoms. The van der Waals surface area contributed by atoms with Crippen LogP contribution < -0.4 is 5.32 Å². The van der Waals surface area contributed by atoms with Gasteiger partial charge in [0.15, 0.2) is 0 Å². The lowest BCUT2D eigenvalue weighted by Gasteiger charge is -2.19. The predicted octanol–water partition coefficient (Wildman–Crippen LogP) is 3.48. The molecule has 0 bridgehead atoms. The molecule has 136 valence electrons. The van der Waals surface area contributed by atoms with Crippen LogP contribution in [0.2, 0.25) is 0 Å². The maximum absolute atomic E-state index is 12.8. The monoisotopic (exact) mass is 360 g/mol. The van der Waals surface area contributed by atoms with Gasteiger partial charge in [0.2, 0.25) is 0 Å². The average molecular weight is 360 g/mol. The van der Waals surface area contributed by atoms with Gasteiger partial charge in [0, 0.05) is 18.0 Å². The zero-order chi connectivity index (χ0) is 18.8. The number of para-hydroxylation sites is 2. The number of imidazole rings is 1. The van der Waals surface area contributed by atoms with E-state index >= 15 is 0 Å². The van der Waals surface area contributed by atoms with Gasteiger partial charge in [-0.2, -0.15) is 5.10 Å². The van der Waals surface area contributed by atoms with Crippen LogP contribution in [0.4, 0.5) is 0 Å². The van der Waals surface area contributed by atoms with Crippen LogP contribution in [0.1, 0.15) is 36.2 Å². The first-order valence-electron chi connectivity index (χ1n) is 8.83. The first-order chi connectivity index (χ1) is 13.1. The number of fused-ring (bicyclic) bond motifs is 1. The Morgan fingerprint density at radius 3 is 2.63 bits per heavy atom. The molecule has 7 heteroatoms. The number of rotatable bonds is 5. The Morgan fingerprint density at radius 2 is 1.89 bits per heavy atom. The molecule has 1 amide bonds. The summed E-state index contributed by atoms with van der Waals surface area (Å²) in [5.41, 5.74) is 3.84. The van der Waals surface area contributed by atoms with Crippen molar-refractivity contribution in [3.05, 3.63) is 66.4 Å². The van der Waals surface area contributed by atoms with E-state index in [9.17, 15) is 4.79 Å². The molecule has 0 fully saturated rings. The second-order valence-electron chi connectivity index (χ2n) is 6.74. The van der Waals surface area contributed by atoms with E-state index in [0.29, 0.717) is 11.4 Å². The van der Waals surface area contributed by atoms with Gasteiger partial charge in [-0.15, -0.1) is 0 Å². The predicted molar refractivity (Wildman–Crippen MR) is 103 cm³/mol. The van der Waals surface area contributed by atoms with Crippen LogP contribution in [0.15, 0.2) is 54.9 Å². The van der Waals surface area contributed by atoms with Gasteiger partial charge in [-0.1, -0.05) is 26.0 Å². The molecule has 3 heterocycles. The van der Waals surface area contributed by atoms with Gasteiger partial charge in [0.05, 0.1) is 22.8 Å². The lowest BCUT2D eigenvalue weighted by Crippen LogP contribution is -2.32. The molecule has 0 aliphatic carbocycles. The first kappa shape index (κ1) is 17.0. The summed E-state index contributed by atoms with van der Waals surface area (Å²) in [6, 6.07) is 13.0. The van der Waals surface area contributed by atoms with E-state index in [1.165, 1.54) is 0 Å². The third-order valence-electron chi connectivity index (χ3n) is 4.45. The van der Waals surface area contributed by atoms with Crippen molar-refractivity contribution < 1.29 is 4.79 Å². The van der Waals surface area contributed by atoms with Crippen molar-refractivity contribution in [2.24, 2.45) is 5.92 Å². The van der Waals surface area contributed by atoms with E-state index in [1.807, 2.05) is 50.2 Å². The smallest absolute Gasteiger partial charge is 0.269 e. The van der Waals surface area contributed by atoms with Crippen LogP contribution in [0.3, 0.4) is 0 Å². The van der Waals surface area contributed by atoms with E-state index < -0.39 is 0 Å².